The number of ketones is 1. The van der Waals surface area contributed by atoms with E-state index in [9.17, 15) is 9.00 Å². The second kappa shape index (κ2) is 11.4. The summed E-state index contributed by atoms with van der Waals surface area (Å²) in [5.41, 5.74) is 2.18. The number of benzene rings is 2. The zero-order valence-corrected chi connectivity index (χ0v) is 19.9. The van der Waals surface area contributed by atoms with Crippen molar-refractivity contribution in [3.8, 4) is 11.5 Å². The van der Waals surface area contributed by atoms with E-state index in [1.165, 1.54) is 19.3 Å². The molecule has 0 radical (unpaired) electrons. The van der Waals surface area contributed by atoms with Gasteiger partial charge in [0, 0.05) is 21.9 Å². The van der Waals surface area contributed by atoms with Gasteiger partial charge in [0.25, 0.3) is 0 Å². The Morgan fingerprint density at radius 2 is 1.85 bits per heavy atom. The van der Waals surface area contributed by atoms with Crippen molar-refractivity contribution >= 4 is 27.5 Å². The topological polar surface area (TPSA) is 65.5 Å². The molecule has 174 valence electrons. The van der Waals surface area contributed by atoms with E-state index >= 15 is 0 Å². The summed E-state index contributed by atoms with van der Waals surface area (Å²) in [6.07, 6.45) is 6.79. The molecule has 6 heteroatoms. The molecule has 0 aliphatic carbocycles. The summed E-state index contributed by atoms with van der Waals surface area (Å²) in [7, 11) is -1.23. The van der Waals surface area contributed by atoms with Crippen LogP contribution in [0.5, 0.6) is 11.5 Å². The molecule has 1 aliphatic rings. The van der Waals surface area contributed by atoms with E-state index in [2.05, 4.69) is 11.9 Å². The Hall–Kier alpha value is -2.73. The molecule has 2 unspecified atom stereocenters. The first-order chi connectivity index (χ1) is 16.2. The first-order valence-electron chi connectivity index (χ1n) is 11.8. The monoisotopic (exact) mass is 465 g/mol. The number of nitrogens with zero attached hydrogens (tertiary/aromatic N) is 1. The molecule has 0 saturated heterocycles. The normalized spacial score (nSPS) is 16.3. The lowest BCUT2D eigenvalue weighted by Gasteiger charge is -2.24. The van der Waals surface area contributed by atoms with E-state index in [0.717, 1.165) is 35.9 Å². The molecule has 2 aromatic carbocycles. The third-order valence-corrected chi connectivity index (χ3v) is 7.63. The average molecular weight is 466 g/mol. The van der Waals surface area contributed by atoms with E-state index in [-0.39, 0.29) is 12.4 Å². The van der Waals surface area contributed by atoms with Gasteiger partial charge in [0.2, 0.25) is 0 Å². The van der Waals surface area contributed by atoms with E-state index in [4.69, 9.17) is 9.47 Å². The zero-order chi connectivity index (χ0) is 23.0. The van der Waals surface area contributed by atoms with Crippen LogP contribution in [0.3, 0.4) is 0 Å². The Bertz CT molecular complexity index is 1130. The fourth-order valence-corrected chi connectivity index (χ4v) is 5.40. The summed E-state index contributed by atoms with van der Waals surface area (Å²) in [5.74, 6) is 1.53. The second-order valence-electron chi connectivity index (χ2n) is 8.46. The van der Waals surface area contributed by atoms with Crippen LogP contribution in [-0.4, -0.2) is 32.6 Å². The van der Waals surface area contributed by atoms with Gasteiger partial charge in [-0.05, 0) is 36.8 Å². The number of carbonyl (C=O) groups is 1. The molecule has 3 aromatic rings. The number of para-hydroxylation sites is 1. The lowest BCUT2D eigenvalue weighted by atomic mass is 10.0. The zero-order valence-electron chi connectivity index (χ0n) is 19.1. The van der Waals surface area contributed by atoms with Crippen molar-refractivity contribution in [2.75, 3.05) is 12.4 Å². The number of hydrogen-bond donors (Lipinski definition) is 0. The minimum absolute atomic E-state index is 0.116. The highest BCUT2D eigenvalue weighted by atomic mass is 32.2. The van der Waals surface area contributed by atoms with Crippen molar-refractivity contribution in [3.63, 3.8) is 0 Å². The van der Waals surface area contributed by atoms with Gasteiger partial charge in [0.05, 0.1) is 16.8 Å². The quantitative estimate of drug-likeness (QED) is 0.332. The van der Waals surface area contributed by atoms with Crippen LogP contribution in [0.4, 0.5) is 0 Å². The molecule has 2 atom stereocenters. The Kier molecular flexibility index (Phi) is 8.10. The molecule has 1 aliphatic heterocycles. The molecule has 1 aromatic heterocycles. The lowest BCUT2D eigenvalue weighted by molar-refractivity contribution is 0.0940. The molecule has 5 nitrogen and oxygen atoms in total. The van der Waals surface area contributed by atoms with Gasteiger partial charge in [-0.25, -0.2) is 4.98 Å². The Morgan fingerprint density at radius 3 is 2.73 bits per heavy atom. The third-order valence-electron chi connectivity index (χ3n) is 5.96. The van der Waals surface area contributed by atoms with E-state index < -0.39 is 16.0 Å². The van der Waals surface area contributed by atoms with Gasteiger partial charge in [-0.2, -0.15) is 0 Å². The van der Waals surface area contributed by atoms with Gasteiger partial charge < -0.3 is 9.47 Å². The Labute approximate surface area is 198 Å². The number of pyridine rings is 1. The van der Waals surface area contributed by atoms with Crippen LogP contribution in [-0.2, 0) is 17.4 Å². The maximum Gasteiger partial charge on any atom is 0.185 e. The van der Waals surface area contributed by atoms with Crippen molar-refractivity contribution in [1.82, 2.24) is 4.98 Å². The van der Waals surface area contributed by atoms with Crippen LogP contribution in [0, 0.1) is 0 Å². The molecular formula is C27H31NO4S. The average Bonchev–Trinajstić information content (AvgIpc) is 2.85. The fraction of sp³-hybridized carbons (Fsp3) is 0.407. The highest BCUT2D eigenvalue weighted by molar-refractivity contribution is 7.86. The standard InChI is InChI=1S/C27H31NO4S/c1-2-3-4-5-6-9-16-33(30)26-19-32-25-15-14-22(17-23(25)27(26)29)31-18-21-13-12-20-10-7-8-11-24(20)28-21/h7-8,10-15,17,26H,2-6,9,16,18-19H2,1H3. The number of hydrogen-bond acceptors (Lipinski definition) is 5. The number of Topliss-reactive ketones (excluding diaryl/α,β-unsaturated/α-hetero) is 1. The van der Waals surface area contributed by atoms with Gasteiger partial charge in [-0.3, -0.25) is 9.00 Å². The molecule has 33 heavy (non-hydrogen) atoms. The molecule has 0 saturated carbocycles. The van der Waals surface area contributed by atoms with E-state index in [0.29, 0.717) is 29.4 Å². The first-order valence-corrected chi connectivity index (χ1v) is 13.2. The molecule has 0 fully saturated rings. The van der Waals surface area contributed by atoms with Crippen LogP contribution in [0.15, 0.2) is 54.6 Å². The van der Waals surface area contributed by atoms with Crippen LogP contribution in [0.25, 0.3) is 10.9 Å². The summed E-state index contributed by atoms with van der Waals surface area (Å²) >= 11 is 0. The highest BCUT2D eigenvalue weighted by Crippen LogP contribution is 2.31. The Morgan fingerprint density at radius 1 is 1.03 bits per heavy atom. The maximum atomic E-state index is 13.1. The number of rotatable bonds is 11. The fourth-order valence-electron chi connectivity index (χ4n) is 4.04. The summed E-state index contributed by atoms with van der Waals surface area (Å²) in [4.78, 5) is 17.7. The number of carbonyl (C=O) groups excluding carboxylic acids is 1. The summed E-state index contributed by atoms with van der Waals surface area (Å²) in [6, 6.07) is 17.2. The number of fused-ring (bicyclic) bond motifs is 2. The van der Waals surface area contributed by atoms with Crippen molar-refractivity contribution in [2.45, 2.75) is 57.3 Å². The molecule has 4 rings (SSSR count). The predicted octanol–water partition coefficient (Wildman–Crippen LogP) is 5.87. The largest absolute Gasteiger partial charge is 0.491 e. The van der Waals surface area contributed by atoms with Crippen LogP contribution in [0.1, 0.15) is 61.5 Å². The van der Waals surface area contributed by atoms with Crippen LogP contribution < -0.4 is 9.47 Å². The number of aromatic nitrogens is 1. The smallest absolute Gasteiger partial charge is 0.185 e. The molecule has 2 heterocycles. The van der Waals surface area contributed by atoms with Crippen LogP contribution in [0.2, 0.25) is 0 Å². The molecule has 0 bridgehead atoms. The SMILES string of the molecule is CCCCCCCCS(=O)C1COc2ccc(OCc3ccc4ccccc4n3)cc2C1=O. The van der Waals surface area contributed by atoms with Gasteiger partial charge in [0.15, 0.2) is 5.78 Å². The molecule has 0 spiro atoms. The summed E-state index contributed by atoms with van der Waals surface area (Å²) < 4.78 is 24.5. The number of ether oxygens (including phenoxy) is 2. The minimum Gasteiger partial charge on any atom is -0.491 e. The third kappa shape index (κ3) is 5.99. The van der Waals surface area contributed by atoms with Gasteiger partial charge in [-0.1, -0.05) is 63.3 Å². The molecule has 0 N–H and O–H groups in total. The predicted molar refractivity (Wildman–Crippen MR) is 133 cm³/mol. The highest BCUT2D eigenvalue weighted by Gasteiger charge is 2.33. The van der Waals surface area contributed by atoms with Crippen molar-refractivity contribution in [3.05, 3.63) is 65.9 Å². The van der Waals surface area contributed by atoms with Crippen molar-refractivity contribution in [1.29, 1.82) is 0 Å². The maximum absolute atomic E-state index is 13.1. The van der Waals surface area contributed by atoms with E-state index in [1.807, 2.05) is 36.4 Å². The minimum atomic E-state index is -1.23. The second-order valence-corrected chi connectivity index (χ2v) is 10.2. The van der Waals surface area contributed by atoms with Gasteiger partial charge >= 0.3 is 0 Å². The van der Waals surface area contributed by atoms with E-state index in [1.54, 1.807) is 18.2 Å². The van der Waals surface area contributed by atoms with Crippen molar-refractivity contribution in [2.24, 2.45) is 0 Å². The van der Waals surface area contributed by atoms with Gasteiger partial charge in [0.1, 0.15) is 30.0 Å². The van der Waals surface area contributed by atoms with Gasteiger partial charge in [-0.15, -0.1) is 0 Å². The molecule has 0 amide bonds. The Balaban J connectivity index is 1.35. The number of unbranched alkanes of at least 4 members (excludes halogenated alkanes) is 5. The summed E-state index contributed by atoms with van der Waals surface area (Å²) in [5, 5.41) is 0.475. The molecular weight excluding hydrogens is 434 g/mol. The summed E-state index contributed by atoms with van der Waals surface area (Å²) in [6.45, 7) is 2.67. The van der Waals surface area contributed by atoms with Crippen molar-refractivity contribution < 1.29 is 18.5 Å². The van der Waals surface area contributed by atoms with Crippen LogP contribution >= 0.6 is 0 Å². The lowest BCUT2D eigenvalue weighted by Crippen LogP contribution is -2.37. The first kappa shape index (κ1) is 23.4.